The average molecular weight is 404 g/mol. The highest BCUT2D eigenvalue weighted by atomic mass is 35.5. The number of hydrogen-bond acceptors (Lipinski definition) is 3. The summed E-state index contributed by atoms with van der Waals surface area (Å²) in [5.74, 6) is 0.789. The largest absolute Gasteiger partial charge is 0.491 e. The maximum atomic E-state index is 12.9. The third-order valence-electron chi connectivity index (χ3n) is 4.35. The molecule has 3 aromatic carbocycles. The molecule has 0 saturated carbocycles. The van der Waals surface area contributed by atoms with Crippen LogP contribution < -0.4 is 9.46 Å². The van der Waals surface area contributed by atoms with E-state index < -0.39 is 16.1 Å². The molecule has 27 heavy (non-hydrogen) atoms. The summed E-state index contributed by atoms with van der Waals surface area (Å²) in [5, 5.41) is 1.72. The summed E-state index contributed by atoms with van der Waals surface area (Å²) in [6.07, 6.45) is 0. The number of sulfonamides is 1. The van der Waals surface area contributed by atoms with Gasteiger partial charge in [0.15, 0.2) is 0 Å². The van der Waals surface area contributed by atoms with Gasteiger partial charge in [-0.3, -0.25) is 0 Å². The molecule has 0 saturated heterocycles. The van der Waals surface area contributed by atoms with Gasteiger partial charge >= 0.3 is 0 Å². The molecule has 3 aromatic rings. The summed E-state index contributed by atoms with van der Waals surface area (Å²) in [6.45, 7) is 5.94. The molecule has 1 atom stereocenters. The quantitative estimate of drug-likeness (QED) is 0.639. The number of para-hydroxylation sites is 1. The lowest BCUT2D eigenvalue weighted by Crippen LogP contribution is -2.37. The molecule has 142 valence electrons. The monoisotopic (exact) mass is 403 g/mol. The summed E-state index contributed by atoms with van der Waals surface area (Å²) in [5.41, 5.74) is 2.04. The summed E-state index contributed by atoms with van der Waals surface area (Å²) >= 11 is 6.26. The summed E-state index contributed by atoms with van der Waals surface area (Å²) in [7, 11) is -3.75. The number of fused-ring (bicyclic) bond motifs is 1. The van der Waals surface area contributed by atoms with E-state index in [4.69, 9.17) is 16.3 Å². The van der Waals surface area contributed by atoms with Gasteiger partial charge in [-0.2, -0.15) is 0 Å². The van der Waals surface area contributed by atoms with E-state index in [0.717, 1.165) is 22.3 Å². The molecule has 4 nitrogen and oxygen atoms in total. The van der Waals surface area contributed by atoms with Crippen LogP contribution in [0.3, 0.4) is 0 Å². The van der Waals surface area contributed by atoms with E-state index in [1.165, 1.54) is 0 Å². The number of ether oxygens (including phenoxy) is 1. The Hall–Kier alpha value is -2.08. The molecule has 0 aliphatic rings. The zero-order valence-corrected chi connectivity index (χ0v) is 17.1. The van der Waals surface area contributed by atoms with Crippen LogP contribution in [-0.4, -0.2) is 21.1 Å². The maximum Gasteiger partial charge on any atom is 0.241 e. The van der Waals surface area contributed by atoms with E-state index in [2.05, 4.69) is 4.72 Å². The normalized spacial score (nSPS) is 12.9. The van der Waals surface area contributed by atoms with Crippen LogP contribution in [-0.2, 0) is 10.0 Å². The molecule has 0 fully saturated rings. The van der Waals surface area contributed by atoms with Crippen LogP contribution in [0.1, 0.15) is 18.1 Å². The van der Waals surface area contributed by atoms with Crippen LogP contribution in [0.5, 0.6) is 5.75 Å². The Bertz CT molecular complexity index is 1050. The van der Waals surface area contributed by atoms with Crippen LogP contribution in [0.2, 0.25) is 5.02 Å². The Labute approximate surface area is 165 Å². The number of aryl methyl sites for hydroxylation is 2. The first kappa shape index (κ1) is 19.7. The number of benzene rings is 3. The van der Waals surface area contributed by atoms with Crippen molar-refractivity contribution in [2.45, 2.75) is 31.7 Å². The molecule has 0 heterocycles. The first-order chi connectivity index (χ1) is 12.8. The van der Waals surface area contributed by atoms with E-state index >= 15 is 0 Å². The fraction of sp³-hybridized carbons (Fsp3) is 0.238. The lowest BCUT2D eigenvalue weighted by Gasteiger charge is -2.18. The van der Waals surface area contributed by atoms with Gasteiger partial charge in [-0.05, 0) is 49.4 Å². The Morgan fingerprint density at radius 2 is 1.59 bits per heavy atom. The molecular formula is C21H22ClNO3S. The highest BCUT2D eigenvalue weighted by molar-refractivity contribution is 7.89. The number of halogens is 1. The predicted molar refractivity (Wildman–Crippen MR) is 110 cm³/mol. The van der Waals surface area contributed by atoms with Gasteiger partial charge in [-0.15, -0.1) is 0 Å². The van der Waals surface area contributed by atoms with E-state index in [1.807, 2.05) is 44.2 Å². The summed E-state index contributed by atoms with van der Waals surface area (Å²) in [4.78, 5) is 0.171. The molecule has 6 heteroatoms. The van der Waals surface area contributed by atoms with Crippen molar-refractivity contribution in [3.8, 4) is 5.75 Å². The molecule has 0 aliphatic carbocycles. The average Bonchev–Trinajstić information content (AvgIpc) is 2.60. The van der Waals surface area contributed by atoms with Gasteiger partial charge in [0.05, 0.1) is 10.9 Å². The van der Waals surface area contributed by atoms with Crippen LogP contribution >= 0.6 is 11.6 Å². The van der Waals surface area contributed by atoms with Crippen molar-refractivity contribution >= 4 is 32.4 Å². The zero-order chi connectivity index (χ0) is 19.6. The van der Waals surface area contributed by atoms with Gasteiger partial charge in [0.2, 0.25) is 10.0 Å². The topological polar surface area (TPSA) is 55.4 Å². The zero-order valence-electron chi connectivity index (χ0n) is 15.5. The first-order valence-electron chi connectivity index (χ1n) is 8.68. The standard InChI is InChI=1S/C21H22ClNO3S/c1-14-7-4-8-15(2)21(14)26-13-16(3)23-27(24,25)19-12-6-10-17-9-5-11-18(22)20(17)19/h4-12,16,23H,13H2,1-3H3. The maximum absolute atomic E-state index is 12.9. The SMILES string of the molecule is Cc1cccc(C)c1OCC(C)NS(=O)(=O)c1cccc2cccc(Cl)c12. The lowest BCUT2D eigenvalue weighted by molar-refractivity contribution is 0.284. The second-order valence-corrected chi connectivity index (χ2v) is 8.74. The van der Waals surface area contributed by atoms with Crippen molar-refractivity contribution in [3.63, 3.8) is 0 Å². The molecule has 3 rings (SSSR count). The first-order valence-corrected chi connectivity index (χ1v) is 10.5. The minimum absolute atomic E-state index is 0.171. The van der Waals surface area contributed by atoms with Gasteiger partial charge in [0, 0.05) is 10.4 Å². The van der Waals surface area contributed by atoms with Crippen LogP contribution in [0.4, 0.5) is 0 Å². The number of hydrogen-bond donors (Lipinski definition) is 1. The summed E-state index contributed by atoms with van der Waals surface area (Å²) in [6, 6.07) is 15.9. The number of nitrogens with one attached hydrogen (secondary N) is 1. The van der Waals surface area contributed by atoms with Crippen LogP contribution in [0, 0.1) is 13.8 Å². The van der Waals surface area contributed by atoms with Gasteiger partial charge in [0.1, 0.15) is 12.4 Å². The highest BCUT2D eigenvalue weighted by Gasteiger charge is 2.21. The summed E-state index contributed by atoms with van der Waals surface area (Å²) < 4.78 is 34.4. The molecule has 0 spiro atoms. The fourth-order valence-electron chi connectivity index (χ4n) is 3.08. The molecule has 0 aromatic heterocycles. The van der Waals surface area contributed by atoms with Crippen molar-refractivity contribution in [1.82, 2.24) is 4.72 Å². The van der Waals surface area contributed by atoms with Crippen molar-refractivity contribution < 1.29 is 13.2 Å². The highest BCUT2D eigenvalue weighted by Crippen LogP contribution is 2.30. The fourth-order valence-corrected chi connectivity index (χ4v) is 4.90. The van der Waals surface area contributed by atoms with E-state index in [1.54, 1.807) is 31.2 Å². The predicted octanol–water partition coefficient (Wildman–Crippen LogP) is 4.86. The minimum atomic E-state index is -3.75. The van der Waals surface area contributed by atoms with Crippen molar-refractivity contribution in [3.05, 3.63) is 70.7 Å². The third-order valence-corrected chi connectivity index (χ3v) is 6.29. The Kier molecular flexibility index (Phi) is 5.75. The van der Waals surface area contributed by atoms with E-state index in [0.29, 0.717) is 10.4 Å². The van der Waals surface area contributed by atoms with Crippen molar-refractivity contribution in [2.24, 2.45) is 0 Å². The van der Waals surface area contributed by atoms with Crippen molar-refractivity contribution in [1.29, 1.82) is 0 Å². The Morgan fingerprint density at radius 1 is 1.00 bits per heavy atom. The molecule has 1 unspecified atom stereocenters. The smallest absolute Gasteiger partial charge is 0.241 e. The second-order valence-electron chi connectivity index (χ2n) is 6.65. The number of rotatable bonds is 6. The molecule has 0 amide bonds. The molecule has 0 radical (unpaired) electrons. The van der Waals surface area contributed by atoms with Crippen LogP contribution in [0.15, 0.2) is 59.5 Å². The second kappa shape index (κ2) is 7.89. The minimum Gasteiger partial charge on any atom is -0.491 e. The van der Waals surface area contributed by atoms with E-state index in [-0.39, 0.29) is 11.5 Å². The molecule has 0 bridgehead atoms. The van der Waals surface area contributed by atoms with Gasteiger partial charge in [-0.1, -0.05) is 54.1 Å². The molecule has 1 N–H and O–H groups in total. The van der Waals surface area contributed by atoms with Gasteiger partial charge in [0.25, 0.3) is 0 Å². The van der Waals surface area contributed by atoms with Gasteiger partial charge in [-0.25, -0.2) is 13.1 Å². The van der Waals surface area contributed by atoms with Gasteiger partial charge < -0.3 is 4.74 Å². The molecular weight excluding hydrogens is 382 g/mol. The Balaban J connectivity index is 1.81. The third kappa shape index (κ3) is 4.26. The van der Waals surface area contributed by atoms with Crippen LogP contribution in [0.25, 0.3) is 10.8 Å². The molecule has 0 aliphatic heterocycles. The van der Waals surface area contributed by atoms with Crippen molar-refractivity contribution in [2.75, 3.05) is 6.61 Å². The van der Waals surface area contributed by atoms with E-state index in [9.17, 15) is 8.42 Å². The Morgan fingerprint density at radius 3 is 2.26 bits per heavy atom. The lowest BCUT2D eigenvalue weighted by atomic mass is 10.1.